The van der Waals surface area contributed by atoms with Crippen molar-refractivity contribution in [3.8, 4) is 5.75 Å². The first-order chi connectivity index (χ1) is 12.0. The van der Waals surface area contributed by atoms with Gasteiger partial charge in [0.05, 0.1) is 0 Å². The Balaban J connectivity index is 1.63. The van der Waals surface area contributed by atoms with Gasteiger partial charge in [-0.15, -0.1) is 0 Å². The lowest BCUT2D eigenvalue weighted by atomic mass is 10.0. The van der Waals surface area contributed by atoms with Gasteiger partial charge in [-0.3, -0.25) is 4.79 Å². The number of nitrogens with zero attached hydrogens (tertiary/aromatic N) is 2. The van der Waals surface area contributed by atoms with E-state index >= 15 is 0 Å². The highest BCUT2D eigenvalue weighted by Gasteiger charge is 2.11. The number of carbonyl (C=O) groups excluding carboxylic acids is 1. The first-order valence-corrected chi connectivity index (χ1v) is 7.88. The number of hydrogen-bond acceptors (Lipinski definition) is 5. The van der Waals surface area contributed by atoms with Crippen molar-refractivity contribution in [1.29, 1.82) is 0 Å². The van der Waals surface area contributed by atoms with Crippen molar-refractivity contribution in [1.82, 2.24) is 10.1 Å². The summed E-state index contributed by atoms with van der Waals surface area (Å²) in [5.41, 5.74) is 0.931. The molecule has 0 radical (unpaired) electrons. The Morgan fingerprint density at radius 2 is 1.68 bits per heavy atom. The summed E-state index contributed by atoms with van der Waals surface area (Å²) in [7, 11) is 0. The van der Waals surface area contributed by atoms with E-state index in [9.17, 15) is 9.18 Å². The van der Waals surface area contributed by atoms with E-state index in [1.54, 1.807) is 24.3 Å². The molecule has 0 bridgehead atoms. The van der Waals surface area contributed by atoms with Crippen LogP contribution < -0.4 is 4.74 Å². The largest absolute Gasteiger partial charge is 0.484 e. The molecule has 6 heteroatoms. The summed E-state index contributed by atoms with van der Waals surface area (Å²) in [5.74, 6) is 1.26. The Bertz CT molecular complexity index is 855. The first kappa shape index (κ1) is 16.8. The van der Waals surface area contributed by atoms with E-state index in [4.69, 9.17) is 9.26 Å². The molecule has 0 aliphatic rings. The van der Waals surface area contributed by atoms with E-state index in [1.807, 2.05) is 13.8 Å². The average molecular weight is 340 g/mol. The molecule has 3 aromatic rings. The molecule has 0 atom stereocenters. The quantitative estimate of drug-likeness (QED) is 0.631. The summed E-state index contributed by atoms with van der Waals surface area (Å²) in [4.78, 5) is 16.5. The third kappa shape index (κ3) is 4.09. The highest BCUT2D eigenvalue weighted by atomic mass is 19.1. The number of ether oxygens (including phenoxy) is 1. The summed E-state index contributed by atoms with van der Waals surface area (Å²) >= 11 is 0. The van der Waals surface area contributed by atoms with E-state index in [1.165, 1.54) is 24.3 Å². The van der Waals surface area contributed by atoms with Crippen LogP contribution in [0.4, 0.5) is 4.39 Å². The molecule has 3 rings (SSSR count). The summed E-state index contributed by atoms with van der Waals surface area (Å²) in [5, 5.41) is 3.87. The van der Waals surface area contributed by atoms with Crippen LogP contribution in [0.2, 0.25) is 0 Å². The SMILES string of the molecule is CC(C)c1noc(COc2ccc(C(=O)c3ccc(F)cc3)cc2)n1. The Kier molecular flexibility index (Phi) is 4.88. The Morgan fingerprint density at radius 1 is 1.08 bits per heavy atom. The van der Waals surface area contributed by atoms with Gasteiger partial charge in [0.25, 0.3) is 5.89 Å². The predicted octanol–water partition coefficient (Wildman–Crippen LogP) is 4.14. The molecule has 0 saturated heterocycles. The fourth-order valence-corrected chi connectivity index (χ4v) is 2.18. The fraction of sp³-hybridized carbons (Fsp3) is 0.211. The molecule has 0 unspecified atom stereocenters. The van der Waals surface area contributed by atoms with Crippen LogP contribution in [0.15, 0.2) is 53.1 Å². The molecule has 0 aliphatic carbocycles. The number of carbonyl (C=O) groups is 1. The summed E-state index contributed by atoms with van der Waals surface area (Å²) in [6.07, 6.45) is 0. The maximum absolute atomic E-state index is 12.9. The van der Waals surface area contributed by atoms with E-state index in [0.29, 0.717) is 28.6 Å². The molecule has 1 aromatic heterocycles. The molecular weight excluding hydrogens is 323 g/mol. The maximum Gasteiger partial charge on any atom is 0.264 e. The highest BCUT2D eigenvalue weighted by molar-refractivity contribution is 6.08. The summed E-state index contributed by atoms with van der Waals surface area (Å²) < 4.78 is 23.6. The highest BCUT2D eigenvalue weighted by Crippen LogP contribution is 2.17. The van der Waals surface area contributed by atoms with Gasteiger partial charge in [-0.05, 0) is 48.5 Å². The van der Waals surface area contributed by atoms with Gasteiger partial charge in [0.1, 0.15) is 11.6 Å². The van der Waals surface area contributed by atoms with E-state index < -0.39 is 0 Å². The maximum atomic E-state index is 12.9. The van der Waals surface area contributed by atoms with Crippen LogP contribution in [0.5, 0.6) is 5.75 Å². The number of aromatic nitrogens is 2. The Hall–Kier alpha value is -3.02. The van der Waals surface area contributed by atoms with Gasteiger partial charge in [0, 0.05) is 17.0 Å². The fourth-order valence-electron chi connectivity index (χ4n) is 2.18. The van der Waals surface area contributed by atoms with Crippen molar-refractivity contribution in [2.75, 3.05) is 0 Å². The lowest BCUT2D eigenvalue weighted by Gasteiger charge is -2.05. The zero-order chi connectivity index (χ0) is 17.8. The van der Waals surface area contributed by atoms with Gasteiger partial charge in [-0.1, -0.05) is 19.0 Å². The standard InChI is InChI=1S/C19H17FN2O3/c1-12(2)19-21-17(25-22-19)11-24-16-9-5-14(6-10-16)18(23)13-3-7-15(20)8-4-13/h3-10,12H,11H2,1-2H3. The van der Waals surface area contributed by atoms with E-state index in [-0.39, 0.29) is 24.1 Å². The molecule has 0 aliphatic heterocycles. The first-order valence-electron chi connectivity index (χ1n) is 7.88. The number of benzene rings is 2. The molecular formula is C19H17FN2O3. The number of rotatable bonds is 6. The molecule has 0 spiro atoms. The minimum Gasteiger partial charge on any atom is -0.484 e. The van der Waals surface area contributed by atoms with Crippen LogP contribution in [0, 0.1) is 5.82 Å². The normalized spacial score (nSPS) is 10.9. The van der Waals surface area contributed by atoms with Crippen molar-refractivity contribution in [2.24, 2.45) is 0 Å². The van der Waals surface area contributed by atoms with Crippen LogP contribution in [0.3, 0.4) is 0 Å². The Morgan fingerprint density at radius 3 is 2.24 bits per heavy atom. The molecule has 128 valence electrons. The van der Waals surface area contributed by atoms with Gasteiger partial charge < -0.3 is 9.26 Å². The second-order valence-electron chi connectivity index (χ2n) is 5.85. The van der Waals surface area contributed by atoms with Gasteiger partial charge >= 0.3 is 0 Å². The molecule has 0 saturated carbocycles. The molecule has 25 heavy (non-hydrogen) atoms. The molecule has 5 nitrogen and oxygen atoms in total. The summed E-state index contributed by atoms with van der Waals surface area (Å²) in [6.45, 7) is 4.11. The zero-order valence-corrected chi connectivity index (χ0v) is 13.9. The number of halogens is 1. The molecule has 2 aromatic carbocycles. The van der Waals surface area contributed by atoms with Crippen LogP contribution in [-0.2, 0) is 6.61 Å². The molecule has 0 N–H and O–H groups in total. The van der Waals surface area contributed by atoms with Crippen LogP contribution >= 0.6 is 0 Å². The van der Waals surface area contributed by atoms with Gasteiger partial charge in [0.2, 0.25) is 0 Å². The van der Waals surface area contributed by atoms with Gasteiger partial charge in [-0.25, -0.2) is 4.39 Å². The third-order valence-corrected chi connectivity index (χ3v) is 3.59. The third-order valence-electron chi connectivity index (χ3n) is 3.59. The Labute approximate surface area is 144 Å². The molecule has 0 fully saturated rings. The topological polar surface area (TPSA) is 65.2 Å². The summed E-state index contributed by atoms with van der Waals surface area (Å²) in [6, 6.07) is 12.2. The van der Waals surface area contributed by atoms with Gasteiger partial charge in [0.15, 0.2) is 18.2 Å². The van der Waals surface area contributed by atoms with Crippen molar-refractivity contribution < 1.29 is 18.4 Å². The monoisotopic (exact) mass is 340 g/mol. The average Bonchev–Trinajstić information content (AvgIpc) is 3.10. The lowest BCUT2D eigenvalue weighted by molar-refractivity contribution is 0.103. The molecule has 1 heterocycles. The van der Waals surface area contributed by atoms with Crippen LogP contribution in [-0.4, -0.2) is 15.9 Å². The van der Waals surface area contributed by atoms with E-state index in [0.717, 1.165) is 0 Å². The second kappa shape index (κ2) is 7.25. The van der Waals surface area contributed by atoms with Crippen LogP contribution in [0.25, 0.3) is 0 Å². The lowest BCUT2D eigenvalue weighted by Crippen LogP contribution is -2.02. The smallest absolute Gasteiger partial charge is 0.264 e. The minimum absolute atomic E-state index is 0.158. The predicted molar refractivity (Wildman–Crippen MR) is 89.0 cm³/mol. The molecule has 0 amide bonds. The van der Waals surface area contributed by atoms with Crippen molar-refractivity contribution in [3.63, 3.8) is 0 Å². The van der Waals surface area contributed by atoms with Crippen molar-refractivity contribution in [2.45, 2.75) is 26.4 Å². The van der Waals surface area contributed by atoms with Crippen LogP contribution in [0.1, 0.15) is 47.4 Å². The minimum atomic E-state index is -0.373. The number of hydrogen-bond donors (Lipinski definition) is 0. The second-order valence-corrected chi connectivity index (χ2v) is 5.85. The van der Waals surface area contributed by atoms with Crippen molar-refractivity contribution in [3.05, 3.63) is 77.2 Å². The zero-order valence-electron chi connectivity index (χ0n) is 13.9. The van der Waals surface area contributed by atoms with Gasteiger partial charge in [-0.2, -0.15) is 4.98 Å². The van der Waals surface area contributed by atoms with Crippen molar-refractivity contribution >= 4 is 5.78 Å². The van der Waals surface area contributed by atoms with E-state index in [2.05, 4.69) is 10.1 Å². The number of ketones is 1.